The summed E-state index contributed by atoms with van der Waals surface area (Å²) >= 11 is 0. The molecule has 1 radical (unpaired) electrons. The molecule has 0 aliphatic carbocycles. The first-order chi connectivity index (χ1) is 4.75. The maximum Gasteiger partial charge on any atom is 0.177 e. The van der Waals surface area contributed by atoms with Crippen LogP contribution in [-0.4, -0.2) is 0 Å². The fraction of sp³-hybridized carbons (Fsp3) is 0. The summed E-state index contributed by atoms with van der Waals surface area (Å²) in [5, 5.41) is 8.15. The molecule has 0 heterocycles. The predicted molar refractivity (Wildman–Crippen MR) is 29.9 cm³/mol. The number of hydrogen-bond donors (Lipinski definition) is 0. The van der Waals surface area contributed by atoms with Gasteiger partial charge in [0, 0.05) is 6.07 Å². The minimum absolute atomic E-state index is 0.389. The van der Waals surface area contributed by atoms with Crippen molar-refractivity contribution in [2.75, 3.05) is 0 Å². The lowest BCUT2D eigenvalue weighted by molar-refractivity contribution is 0.506. The Morgan fingerprint density at radius 3 is 2.70 bits per heavy atom. The number of halogens is 2. The van der Waals surface area contributed by atoms with Gasteiger partial charge in [0.15, 0.2) is 11.6 Å². The van der Waals surface area contributed by atoms with E-state index in [2.05, 4.69) is 6.07 Å². The zero-order valence-electron chi connectivity index (χ0n) is 4.86. The number of nitrogens with zero attached hydrogens (tertiary/aromatic N) is 1. The third-order valence-corrected chi connectivity index (χ3v) is 0.998. The Morgan fingerprint density at radius 2 is 2.20 bits per heavy atom. The van der Waals surface area contributed by atoms with Gasteiger partial charge >= 0.3 is 0 Å². The van der Waals surface area contributed by atoms with Crippen molar-refractivity contribution < 1.29 is 8.78 Å². The van der Waals surface area contributed by atoms with Crippen LogP contribution in [0.15, 0.2) is 12.1 Å². The summed E-state index contributed by atoms with van der Waals surface area (Å²) in [5.74, 6) is -2.15. The molecule has 0 N–H and O–H groups in total. The molecule has 49 valence electrons. The fourth-order valence-electron chi connectivity index (χ4n) is 0.535. The molecule has 0 aliphatic rings. The van der Waals surface area contributed by atoms with E-state index < -0.39 is 11.6 Å². The molecule has 0 fully saturated rings. The molecule has 0 aliphatic heterocycles. The van der Waals surface area contributed by atoms with Gasteiger partial charge < -0.3 is 0 Å². The summed E-state index contributed by atoms with van der Waals surface area (Å²) in [6, 6.07) is 5.79. The van der Waals surface area contributed by atoms with Gasteiger partial charge in [-0.3, -0.25) is 0 Å². The first-order valence-electron chi connectivity index (χ1n) is 2.51. The Bertz CT molecular complexity index is 288. The highest BCUT2D eigenvalue weighted by Crippen LogP contribution is 2.08. The molecular formula is C7H2F2N. The Kier molecular flexibility index (Phi) is 1.63. The lowest BCUT2D eigenvalue weighted by atomic mass is 10.2. The van der Waals surface area contributed by atoms with E-state index in [4.69, 9.17) is 5.26 Å². The Morgan fingerprint density at radius 1 is 1.50 bits per heavy atom. The third kappa shape index (κ3) is 0.960. The number of rotatable bonds is 0. The highest BCUT2D eigenvalue weighted by Gasteiger charge is 2.05. The maximum atomic E-state index is 12.4. The van der Waals surface area contributed by atoms with E-state index in [0.29, 0.717) is 0 Å². The highest BCUT2D eigenvalue weighted by molar-refractivity contribution is 5.29. The monoisotopic (exact) mass is 138 g/mol. The second-order valence-electron chi connectivity index (χ2n) is 1.63. The van der Waals surface area contributed by atoms with E-state index in [-0.39, 0.29) is 5.56 Å². The van der Waals surface area contributed by atoms with Gasteiger partial charge in [-0.05, 0) is 12.1 Å². The van der Waals surface area contributed by atoms with Gasteiger partial charge in [-0.15, -0.1) is 0 Å². The normalized spacial score (nSPS) is 8.90. The topological polar surface area (TPSA) is 23.8 Å². The van der Waals surface area contributed by atoms with Crippen LogP contribution in [0.1, 0.15) is 5.56 Å². The minimum Gasteiger partial charge on any atom is -0.204 e. The van der Waals surface area contributed by atoms with Gasteiger partial charge in [0.1, 0.15) is 6.07 Å². The quantitative estimate of drug-likeness (QED) is 0.534. The fourth-order valence-corrected chi connectivity index (χ4v) is 0.535. The van der Waals surface area contributed by atoms with E-state index in [0.717, 1.165) is 12.1 Å². The van der Waals surface area contributed by atoms with Gasteiger partial charge in [0.2, 0.25) is 0 Å². The maximum absolute atomic E-state index is 12.4. The molecule has 3 heteroatoms. The molecule has 1 nitrogen and oxygen atoms in total. The van der Waals surface area contributed by atoms with Crippen LogP contribution in [0, 0.1) is 29.0 Å². The SMILES string of the molecule is N#Cc1[c]ccc(F)c1F. The zero-order chi connectivity index (χ0) is 7.56. The second kappa shape index (κ2) is 2.44. The van der Waals surface area contributed by atoms with Crippen LogP contribution in [0.5, 0.6) is 0 Å². The molecule has 0 atom stereocenters. The van der Waals surface area contributed by atoms with Crippen molar-refractivity contribution >= 4 is 0 Å². The van der Waals surface area contributed by atoms with Crippen molar-refractivity contribution in [2.45, 2.75) is 0 Å². The van der Waals surface area contributed by atoms with Crippen LogP contribution in [-0.2, 0) is 0 Å². The molecule has 0 saturated heterocycles. The minimum atomic E-state index is -1.13. The Balaban J connectivity index is 3.31. The lowest BCUT2D eigenvalue weighted by Crippen LogP contribution is -1.87. The largest absolute Gasteiger partial charge is 0.204 e. The molecule has 1 aromatic carbocycles. The van der Waals surface area contributed by atoms with Crippen molar-refractivity contribution in [3.05, 3.63) is 35.4 Å². The van der Waals surface area contributed by atoms with Crippen molar-refractivity contribution in [3.8, 4) is 6.07 Å². The summed E-state index contributed by atoms with van der Waals surface area (Å²) in [7, 11) is 0. The standard InChI is InChI=1S/C7H2F2N/c8-6-3-1-2-5(4-10)7(6)9/h1,3H. The number of benzene rings is 1. The van der Waals surface area contributed by atoms with Crippen LogP contribution in [0.25, 0.3) is 0 Å². The lowest BCUT2D eigenvalue weighted by Gasteiger charge is -1.90. The van der Waals surface area contributed by atoms with Crippen molar-refractivity contribution in [1.29, 1.82) is 5.26 Å². The summed E-state index contributed by atoms with van der Waals surface area (Å²) in [6.45, 7) is 0. The molecule has 1 aromatic rings. The summed E-state index contributed by atoms with van der Waals surface area (Å²) in [6.07, 6.45) is 0. The predicted octanol–water partition coefficient (Wildman–Crippen LogP) is 1.64. The summed E-state index contributed by atoms with van der Waals surface area (Å²) in [5.41, 5.74) is -0.389. The molecule has 0 spiro atoms. The average Bonchev–Trinajstić information content (AvgIpc) is 1.95. The molecular weight excluding hydrogens is 136 g/mol. The first-order valence-corrected chi connectivity index (χ1v) is 2.51. The Labute approximate surface area is 56.5 Å². The van der Waals surface area contributed by atoms with Crippen LogP contribution in [0.3, 0.4) is 0 Å². The van der Waals surface area contributed by atoms with E-state index >= 15 is 0 Å². The van der Waals surface area contributed by atoms with Gasteiger partial charge in [-0.1, -0.05) is 0 Å². The molecule has 10 heavy (non-hydrogen) atoms. The highest BCUT2D eigenvalue weighted by atomic mass is 19.2. The molecule has 0 aromatic heterocycles. The number of hydrogen-bond acceptors (Lipinski definition) is 1. The van der Waals surface area contributed by atoms with E-state index in [1.54, 1.807) is 0 Å². The first kappa shape index (κ1) is 6.69. The molecule has 0 bridgehead atoms. The van der Waals surface area contributed by atoms with Crippen LogP contribution in [0.4, 0.5) is 8.78 Å². The van der Waals surface area contributed by atoms with Crippen molar-refractivity contribution in [3.63, 3.8) is 0 Å². The van der Waals surface area contributed by atoms with Crippen LogP contribution < -0.4 is 0 Å². The van der Waals surface area contributed by atoms with Gasteiger partial charge in [0.25, 0.3) is 0 Å². The smallest absolute Gasteiger partial charge is 0.177 e. The third-order valence-electron chi connectivity index (χ3n) is 0.998. The summed E-state index contributed by atoms with van der Waals surface area (Å²) in [4.78, 5) is 0. The van der Waals surface area contributed by atoms with Crippen LogP contribution >= 0.6 is 0 Å². The van der Waals surface area contributed by atoms with E-state index in [9.17, 15) is 8.78 Å². The Hall–Kier alpha value is -1.43. The van der Waals surface area contributed by atoms with Gasteiger partial charge in [-0.2, -0.15) is 5.26 Å². The molecule has 0 unspecified atom stereocenters. The zero-order valence-corrected chi connectivity index (χ0v) is 4.86. The molecule has 1 rings (SSSR count). The molecule has 0 saturated carbocycles. The van der Waals surface area contributed by atoms with Crippen molar-refractivity contribution in [2.24, 2.45) is 0 Å². The average molecular weight is 138 g/mol. The van der Waals surface area contributed by atoms with Crippen LogP contribution in [0.2, 0.25) is 0 Å². The van der Waals surface area contributed by atoms with Gasteiger partial charge in [0.05, 0.1) is 5.56 Å². The number of nitriles is 1. The van der Waals surface area contributed by atoms with Gasteiger partial charge in [-0.25, -0.2) is 8.78 Å². The van der Waals surface area contributed by atoms with E-state index in [1.807, 2.05) is 0 Å². The van der Waals surface area contributed by atoms with Crippen molar-refractivity contribution in [1.82, 2.24) is 0 Å². The van der Waals surface area contributed by atoms with E-state index in [1.165, 1.54) is 6.07 Å². The molecule has 0 amide bonds. The second-order valence-corrected chi connectivity index (χ2v) is 1.63. The summed E-state index contributed by atoms with van der Waals surface area (Å²) < 4.78 is 24.6.